The van der Waals surface area contributed by atoms with Crippen LogP contribution in [0.15, 0.2) is 30.3 Å². The van der Waals surface area contributed by atoms with Crippen LogP contribution in [-0.4, -0.2) is 28.8 Å². The average molecular weight is 295 g/mol. The summed E-state index contributed by atoms with van der Waals surface area (Å²) in [4.78, 5) is 23.3. The molecule has 0 aliphatic rings. The molecular formula is C13H11ClN2O4. The number of aryl methyl sites for hydroxylation is 1. The molecule has 7 heteroatoms. The second kappa shape index (κ2) is 5.75. The molecule has 20 heavy (non-hydrogen) atoms. The average Bonchev–Trinajstić information content (AvgIpc) is 2.78. The van der Waals surface area contributed by atoms with Crippen molar-refractivity contribution >= 4 is 23.5 Å². The third-order valence-electron chi connectivity index (χ3n) is 2.51. The monoisotopic (exact) mass is 294 g/mol. The molecule has 6 nitrogen and oxygen atoms in total. The van der Waals surface area contributed by atoms with Crippen molar-refractivity contribution in [3.8, 4) is 5.88 Å². The number of benzene rings is 1. The lowest BCUT2D eigenvalue weighted by atomic mass is 10.2. The molecule has 0 fully saturated rings. The van der Waals surface area contributed by atoms with Crippen molar-refractivity contribution in [3.63, 3.8) is 0 Å². The Kier molecular flexibility index (Phi) is 4.05. The minimum atomic E-state index is -0.609. The number of rotatable bonds is 3. The minimum absolute atomic E-state index is 0.0119. The number of carbonyl (C=O) groups is 2. The fourth-order valence-corrected chi connectivity index (χ4v) is 1.75. The third-order valence-corrected chi connectivity index (χ3v) is 2.74. The molecule has 0 spiro atoms. The van der Waals surface area contributed by atoms with Crippen molar-refractivity contribution in [1.82, 2.24) is 9.78 Å². The van der Waals surface area contributed by atoms with Gasteiger partial charge in [-0.3, -0.25) is 4.68 Å². The molecule has 0 amide bonds. The van der Waals surface area contributed by atoms with E-state index in [1.54, 1.807) is 25.2 Å². The molecule has 1 aromatic carbocycles. The van der Waals surface area contributed by atoms with Crippen molar-refractivity contribution in [3.05, 3.63) is 46.6 Å². The zero-order valence-electron chi connectivity index (χ0n) is 10.8. The van der Waals surface area contributed by atoms with Gasteiger partial charge < -0.3 is 9.47 Å². The lowest BCUT2D eigenvalue weighted by molar-refractivity contribution is 0.0587. The topological polar surface area (TPSA) is 70.4 Å². The first-order valence-corrected chi connectivity index (χ1v) is 5.99. The van der Waals surface area contributed by atoms with E-state index in [-0.39, 0.29) is 11.6 Å². The summed E-state index contributed by atoms with van der Waals surface area (Å²) in [5, 5.41) is 4.33. The van der Waals surface area contributed by atoms with Crippen LogP contribution in [0.4, 0.5) is 0 Å². The molecule has 2 rings (SSSR count). The summed E-state index contributed by atoms with van der Waals surface area (Å²) >= 11 is 5.79. The zero-order chi connectivity index (χ0) is 14.7. The summed E-state index contributed by atoms with van der Waals surface area (Å²) in [6, 6.07) is 7.66. The molecule has 1 heterocycles. The van der Waals surface area contributed by atoms with Gasteiger partial charge in [0, 0.05) is 18.1 Å². The van der Waals surface area contributed by atoms with Crippen LogP contribution in [0, 0.1) is 0 Å². The highest BCUT2D eigenvalue weighted by atomic mass is 35.5. The Hall–Kier alpha value is -2.34. The van der Waals surface area contributed by atoms with Crippen LogP contribution >= 0.6 is 11.6 Å². The normalized spacial score (nSPS) is 10.2. The number of ether oxygens (including phenoxy) is 2. The van der Waals surface area contributed by atoms with Gasteiger partial charge >= 0.3 is 11.9 Å². The molecule has 0 saturated heterocycles. The molecular weight excluding hydrogens is 284 g/mol. The van der Waals surface area contributed by atoms with E-state index < -0.39 is 11.9 Å². The predicted octanol–water partition coefficient (Wildman–Crippen LogP) is 2.08. The van der Waals surface area contributed by atoms with Gasteiger partial charge in [-0.05, 0) is 18.2 Å². The van der Waals surface area contributed by atoms with Crippen molar-refractivity contribution in [2.75, 3.05) is 7.11 Å². The number of methoxy groups -OCH3 is 1. The van der Waals surface area contributed by atoms with Crippen LogP contribution in [-0.2, 0) is 11.8 Å². The largest absolute Gasteiger partial charge is 0.464 e. The molecule has 0 bridgehead atoms. The Bertz CT molecular complexity index is 666. The van der Waals surface area contributed by atoms with Gasteiger partial charge in [0.2, 0.25) is 5.88 Å². The molecule has 0 unspecified atom stereocenters. The first kappa shape index (κ1) is 14.1. The third kappa shape index (κ3) is 2.97. The lowest BCUT2D eigenvalue weighted by Crippen LogP contribution is -2.09. The van der Waals surface area contributed by atoms with E-state index in [0.29, 0.717) is 10.6 Å². The van der Waals surface area contributed by atoms with Gasteiger partial charge in [0.1, 0.15) is 5.69 Å². The predicted molar refractivity (Wildman–Crippen MR) is 71.0 cm³/mol. The standard InChI is InChI=1S/C13H11ClN2O4/c1-16-10(13(18)19-2)7-11(15-16)20-12(17)8-4-3-5-9(14)6-8/h3-7H,1-2H3. The second-order valence-electron chi connectivity index (χ2n) is 3.88. The van der Waals surface area contributed by atoms with Crippen LogP contribution < -0.4 is 4.74 Å². The number of hydrogen-bond donors (Lipinski definition) is 0. The number of halogens is 1. The van der Waals surface area contributed by atoms with E-state index in [1.807, 2.05) is 0 Å². The molecule has 104 valence electrons. The molecule has 0 N–H and O–H groups in total. The maximum absolute atomic E-state index is 11.9. The molecule has 0 aliphatic carbocycles. The molecule has 0 saturated carbocycles. The Labute approximate surface area is 119 Å². The number of carbonyl (C=O) groups excluding carboxylic acids is 2. The first-order chi connectivity index (χ1) is 9.51. The molecule has 0 radical (unpaired) electrons. The molecule has 2 aromatic rings. The van der Waals surface area contributed by atoms with Gasteiger partial charge in [0.05, 0.1) is 12.7 Å². The fourth-order valence-electron chi connectivity index (χ4n) is 1.56. The van der Waals surface area contributed by atoms with Crippen LogP contribution in [0.3, 0.4) is 0 Å². The summed E-state index contributed by atoms with van der Waals surface area (Å²) in [6.45, 7) is 0. The van der Waals surface area contributed by atoms with Crippen molar-refractivity contribution in [2.24, 2.45) is 7.05 Å². The van der Waals surface area contributed by atoms with Gasteiger partial charge in [-0.25, -0.2) is 9.59 Å². The molecule has 0 aliphatic heterocycles. The summed E-state index contributed by atoms with van der Waals surface area (Å²) in [5.41, 5.74) is 0.476. The highest BCUT2D eigenvalue weighted by molar-refractivity contribution is 6.30. The maximum atomic E-state index is 11.9. The van der Waals surface area contributed by atoms with Gasteiger partial charge in [-0.1, -0.05) is 17.7 Å². The Balaban J connectivity index is 2.18. The zero-order valence-corrected chi connectivity index (χ0v) is 11.5. The quantitative estimate of drug-likeness (QED) is 0.811. The van der Waals surface area contributed by atoms with E-state index in [9.17, 15) is 9.59 Å². The highest BCUT2D eigenvalue weighted by Gasteiger charge is 2.17. The molecule has 1 aromatic heterocycles. The Morgan fingerprint density at radius 3 is 2.65 bits per heavy atom. The Morgan fingerprint density at radius 1 is 1.25 bits per heavy atom. The van der Waals surface area contributed by atoms with Gasteiger partial charge in [-0.2, -0.15) is 0 Å². The lowest BCUT2D eigenvalue weighted by Gasteiger charge is -2.00. The van der Waals surface area contributed by atoms with E-state index in [0.717, 1.165) is 0 Å². The number of nitrogens with zero attached hydrogens (tertiary/aromatic N) is 2. The van der Waals surface area contributed by atoms with Crippen LogP contribution in [0.25, 0.3) is 0 Å². The number of aromatic nitrogens is 2. The van der Waals surface area contributed by atoms with E-state index in [1.165, 1.54) is 23.9 Å². The summed E-state index contributed by atoms with van der Waals surface area (Å²) in [5.74, 6) is -1.16. The van der Waals surface area contributed by atoms with Crippen LogP contribution in [0.2, 0.25) is 5.02 Å². The highest BCUT2D eigenvalue weighted by Crippen LogP contribution is 2.16. The fraction of sp³-hybridized carbons (Fsp3) is 0.154. The van der Waals surface area contributed by atoms with Gasteiger partial charge in [0.15, 0.2) is 0 Å². The number of esters is 2. The van der Waals surface area contributed by atoms with E-state index in [2.05, 4.69) is 9.84 Å². The maximum Gasteiger partial charge on any atom is 0.356 e. The van der Waals surface area contributed by atoms with E-state index in [4.69, 9.17) is 16.3 Å². The minimum Gasteiger partial charge on any atom is -0.464 e. The summed E-state index contributed by atoms with van der Waals surface area (Å²) in [7, 11) is 2.80. The second-order valence-corrected chi connectivity index (χ2v) is 4.32. The van der Waals surface area contributed by atoms with Gasteiger partial charge in [-0.15, -0.1) is 5.10 Å². The van der Waals surface area contributed by atoms with E-state index >= 15 is 0 Å². The number of hydrogen-bond acceptors (Lipinski definition) is 5. The smallest absolute Gasteiger partial charge is 0.356 e. The first-order valence-electron chi connectivity index (χ1n) is 5.61. The molecule has 0 atom stereocenters. The Morgan fingerprint density at radius 2 is 2.00 bits per heavy atom. The van der Waals surface area contributed by atoms with Crippen molar-refractivity contribution in [1.29, 1.82) is 0 Å². The van der Waals surface area contributed by atoms with Crippen molar-refractivity contribution in [2.45, 2.75) is 0 Å². The SMILES string of the molecule is COC(=O)c1cc(OC(=O)c2cccc(Cl)c2)nn1C. The summed E-state index contributed by atoms with van der Waals surface area (Å²) in [6.07, 6.45) is 0. The van der Waals surface area contributed by atoms with Crippen molar-refractivity contribution < 1.29 is 19.1 Å². The summed E-state index contributed by atoms with van der Waals surface area (Å²) < 4.78 is 10.9. The van der Waals surface area contributed by atoms with Crippen LogP contribution in [0.5, 0.6) is 5.88 Å². The van der Waals surface area contributed by atoms with Crippen LogP contribution in [0.1, 0.15) is 20.8 Å². The van der Waals surface area contributed by atoms with Gasteiger partial charge in [0.25, 0.3) is 0 Å².